The third kappa shape index (κ3) is 2.80. The molecule has 0 aliphatic heterocycles. The number of hydrogen-bond donors (Lipinski definition) is 0. The topological polar surface area (TPSA) is 26.3 Å². The molecule has 0 heterocycles. The van der Waals surface area contributed by atoms with Crippen molar-refractivity contribution in [3.63, 3.8) is 0 Å². The van der Waals surface area contributed by atoms with Crippen LogP contribution in [0.4, 0.5) is 4.39 Å². The SMILES string of the molecule is O=Cc1cccc(OCCCF)c1Br. The number of aldehydes is 1. The molecule has 0 fully saturated rings. The lowest BCUT2D eigenvalue weighted by atomic mass is 10.2. The van der Waals surface area contributed by atoms with E-state index in [9.17, 15) is 9.18 Å². The minimum Gasteiger partial charge on any atom is -0.492 e. The van der Waals surface area contributed by atoms with Gasteiger partial charge in [0, 0.05) is 12.0 Å². The number of carbonyl (C=O) groups is 1. The van der Waals surface area contributed by atoms with Crippen molar-refractivity contribution in [3.8, 4) is 5.75 Å². The van der Waals surface area contributed by atoms with Crippen molar-refractivity contribution in [2.75, 3.05) is 13.3 Å². The van der Waals surface area contributed by atoms with Gasteiger partial charge in [-0.05, 0) is 22.0 Å². The van der Waals surface area contributed by atoms with E-state index in [1.165, 1.54) is 0 Å². The van der Waals surface area contributed by atoms with Crippen LogP contribution < -0.4 is 4.74 Å². The maximum absolute atomic E-state index is 11.8. The molecule has 14 heavy (non-hydrogen) atoms. The van der Waals surface area contributed by atoms with Gasteiger partial charge in [0.25, 0.3) is 0 Å². The third-order valence-corrected chi connectivity index (χ3v) is 2.50. The van der Waals surface area contributed by atoms with E-state index < -0.39 is 6.67 Å². The van der Waals surface area contributed by atoms with E-state index in [-0.39, 0.29) is 0 Å². The number of halogens is 2. The van der Waals surface area contributed by atoms with E-state index in [4.69, 9.17) is 4.74 Å². The molecular formula is C10H10BrFO2. The summed E-state index contributed by atoms with van der Waals surface area (Å²) in [6, 6.07) is 5.13. The van der Waals surface area contributed by atoms with E-state index in [1.807, 2.05) is 0 Å². The standard InChI is InChI=1S/C10H10BrFO2/c11-10-8(7-13)3-1-4-9(10)14-6-2-5-12/h1,3-4,7H,2,5-6H2. The molecule has 1 aromatic carbocycles. The summed E-state index contributed by atoms with van der Waals surface area (Å²) in [4.78, 5) is 10.6. The molecule has 1 aromatic rings. The number of ether oxygens (including phenoxy) is 1. The van der Waals surface area contributed by atoms with E-state index >= 15 is 0 Å². The van der Waals surface area contributed by atoms with Crippen LogP contribution in [-0.2, 0) is 0 Å². The molecule has 0 aliphatic rings. The summed E-state index contributed by atoms with van der Waals surface area (Å²) in [6.45, 7) is -0.0810. The van der Waals surface area contributed by atoms with Gasteiger partial charge in [-0.2, -0.15) is 0 Å². The first kappa shape index (κ1) is 11.2. The average molecular weight is 261 g/mol. The quantitative estimate of drug-likeness (QED) is 0.601. The molecule has 4 heteroatoms. The lowest BCUT2D eigenvalue weighted by Gasteiger charge is -2.07. The Kier molecular flexibility index (Phi) is 4.59. The molecule has 0 bridgehead atoms. The van der Waals surface area contributed by atoms with Crippen LogP contribution >= 0.6 is 15.9 Å². The second-order valence-electron chi connectivity index (χ2n) is 2.67. The lowest BCUT2D eigenvalue weighted by molar-refractivity contribution is 0.112. The predicted molar refractivity (Wildman–Crippen MR) is 55.6 cm³/mol. The molecule has 0 spiro atoms. The maximum Gasteiger partial charge on any atom is 0.151 e. The van der Waals surface area contributed by atoms with Crippen molar-refractivity contribution in [2.24, 2.45) is 0 Å². The second kappa shape index (κ2) is 5.75. The van der Waals surface area contributed by atoms with Crippen molar-refractivity contribution in [2.45, 2.75) is 6.42 Å². The van der Waals surface area contributed by atoms with Crippen LogP contribution in [0.1, 0.15) is 16.8 Å². The molecular weight excluding hydrogens is 251 g/mol. The smallest absolute Gasteiger partial charge is 0.151 e. The first-order chi connectivity index (χ1) is 6.79. The van der Waals surface area contributed by atoms with E-state index in [0.29, 0.717) is 28.8 Å². The third-order valence-electron chi connectivity index (χ3n) is 1.66. The summed E-state index contributed by atoms with van der Waals surface area (Å²) in [5.74, 6) is 0.572. The molecule has 0 unspecified atom stereocenters. The highest BCUT2D eigenvalue weighted by Crippen LogP contribution is 2.27. The number of rotatable bonds is 5. The summed E-state index contributed by atoms with van der Waals surface area (Å²) in [6.07, 6.45) is 1.10. The zero-order valence-electron chi connectivity index (χ0n) is 7.50. The molecule has 0 radical (unpaired) electrons. The summed E-state index contributed by atoms with van der Waals surface area (Å²) >= 11 is 3.24. The Morgan fingerprint density at radius 1 is 1.50 bits per heavy atom. The zero-order chi connectivity index (χ0) is 10.4. The molecule has 0 aromatic heterocycles. The number of benzene rings is 1. The molecule has 0 saturated heterocycles. The highest BCUT2D eigenvalue weighted by molar-refractivity contribution is 9.10. The molecule has 2 nitrogen and oxygen atoms in total. The van der Waals surface area contributed by atoms with Crippen LogP contribution in [-0.4, -0.2) is 19.6 Å². The lowest BCUT2D eigenvalue weighted by Crippen LogP contribution is -1.99. The summed E-state index contributed by atoms with van der Waals surface area (Å²) in [7, 11) is 0. The number of carbonyl (C=O) groups excluding carboxylic acids is 1. The van der Waals surface area contributed by atoms with E-state index in [0.717, 1.165) is 6.29 Å². The predicted octanol–water partition coefficient (Wildman–Crippen LogP) is 3.00. The fourth-order valence-corrected chi connectivity index (χ4v) is 1.44. The first-order valence-corrected chi connectivity index (χ1v) is 5.01. The fourth-order valence-electron chi connectivity index (χ4n) is 0.967. The Bertz CT molecular complexity index is 315. The van der Waals surface area contributed by atoms with Crippen molar-refractivity contribution in [1.29, 1.82) is 0 Å². The van der Waals surface area contributed by atoms with Crippen LogP contribution in [0.2, 0.25) is 0 Å². The summed E-state index contributed by atoms with van der Waals surface area (Å²) < 4.78 is 17.7. The van der Waals surface area contributed by atoms with Crippen molar-refractivity contribution >= 4 is 22.2 Å². The van der Waals surface area contributed by atoms with Gasteiger partial charge in [-0.3, -0.25) is 9.18 Å². The largest absolute Gasteiger partial charge is 0.492 e. The first-order valence-electron chi connectivity index (χ1n) is 4.22. The fraction of sp³-hybridized carbons (Fsp3) is 0.300. The van der Waals surface area contributed by atoms with Gasteiger partial charge < -0.3 is 4.74 Å². The Hall–Kier alpha value is -0.900. The number of alkyl halides is 1. The Balaban J connectivity index is 2.71. The van der Waals surface area contributed by atoms with Crippen molar-refractivity contribution in [1.82, 2.24) is 0 Å². The minimum atomic E-state index is -0.398. The maximum atomic E-state index is 11.8. The van der Waals surface area contributed by atoms with Crippen molar-refractivity contribution in [3.05, 3.63) is 28.2 Å². The molecule has 76 valence electrons. The van der Waals surface area contributed by atoms with Gasteiger partial charge in [0.15, 0.2) is 6.29 Å². The molecule has 0 amide bonds. The highest BCUT2D eigenvalue weighted by atomic mass is 79.9. The van der Waals surface area contributed by atoms with Gasteiger partial charge in [0.1, 0.15) is 5.75 Å². The Labute approximate surface area is 90.2 Å². The van der Waals surface area contributed by atoms with Crippen molar-refractivity contribution < 1.29 is 13.9 Å². The van der Waals surface area contributed by atoms with Crippen LogP contribution in [0.5, 0.6) is 5.75 Å². The average Bonchev–Trinajstić information content (AvgIpc) is 2.21. The van der Waals surface area contributed by atoms with Crippen LogP contribution in [0.15, 0.2) is 22.7 Å². The second-order valence-corrected chi connectivity index (χ2v) is 3.46. The summed E-state index contributed by atoms with van der Waals surface area (Å²) in [5, 5.41) is 0. The molecule has 0 N–H and O–H groups in total. The normalized spacial score (nSPS) is 9.86. The van der Waals surface area contributed by atoms with Crippen LogP contribution in [0, 0.1) is 0 Å². The molecule has 0 saturated carbocycles. The van der Waals surface area contributed by atoms with Gasteiger partial charge in [-0.15, -0.1) is 0 Å². The van der Waals surface area contributed by atoms with E-state index in [2.05, 4.69) is 15.9 Å². The monoisotopic (exact) mass is 260 g/mol. The van der Waals surface area contributed by atoms with E-state index in [1.54, 1.807) is 18.2 Å². The van der Waals surface area contributed by atoms with Gasteiger partial charge in [0.2, 0.25) is 0 Å². The molecule has 0 aliphatic carbocycles. The number of hydrogen-bond acceptors (Lipinski definition) is 2. The van der Waals surface area contributed by atoms with Gasteiger partial charge in [-0.1, -0.05) is 12.1 Å². The molecule has 0 atom stereocenters. The van der Waals surface area contributed by atoms with Crippen LogP contribution in [0.25, 0.3) is 0 Å². The Morgan fingerprint density at radius 3 is 2.93 bits per heavy atom. The molecule has 1 rings (SSSR count). The highest BCUT2D eigenvalue weighted by Gasteiger charge is 2.05. The Morgan fingerprint density at radius 2 is 2.29 bits per heavy atom. The summed E-state index contributed by atoms with van der Waals surface area (Å²) in [5.41, 5.74) is 0.530. The van der Waals surface area contributed by atoms with Gasteiger partial charge >= 0.3 is 0 Å². The minimum absolute atomic E-state index is 0.317. The van der Waals surface area contributed by atoms with Gasteiger partial charge in [-0.25, -0.2) is 0 Å². The van der Waals surface area contributed by atoms with Gasteiger partial charge in [0.05, 0.1) is 17.8 Å². The van der Waals surface area contributed by atoms with Crippen LogP contribution in [0.3, 0.4) is 0 Å². The zero-order valence-corrected chi connectivity index (χ0v) is 9.09.